The molecule has 21 heavy (non-hydrogen) atoms. The van der Waals surface area contributed by atoms with Crippen molar-refractivity contribution in [2.45, 2.75) is 25.0 Å². The van der Waals surface area contributed by atoms with E-state index < -0.39 is 0 Å². The number of thioether (sulfide) groups is 1. The van der Waals surface area contributed by atoms with Gasteiger partial charge in [-0.25, -0.2) is 4.79 Å². The summed E-state index contributed by atoms with van der Waals surface area (Å²) in [4.78, 5) is 27.3. The molecule has 0 aromatic carbocycles. The third kappa shape index (κ3) is 5.07. The third-order valence-corrected chi connectivity index (χ3v) is 5.24. The summed E-state index contributed by atoms with van der Waals surface area (Å²) < 4.78 is 4.98. The van der Waals surface area contributed by atoms with Crippen molar-refractivity contribution < 1.29 is 14.3 Å². The third-order valence-electron chi connectivity index (χ3n) is 3.89. The Morgan fingerprint density at radius 1 is 1.14 bits per heavy atom. The van der Waals surface area contributed by atoms with E-state index in [1.165, 1.54) is 0 Å². The Morgan fingerprint density at radius 2 is 1.76 bits per heavy atom. The van der Waals surface area contributed by atoms with Crippen LogP contribution in [0.25, 0.3) is 0 Å². The highest BCUT2D eigenvalue weighted by Crippen LogP contribution is 2.20. The highest BCUT2D eigenvalue weighted by Gasteiger charge is 2.25. The molecule has 2 heterocycles. The maximum atomic E-state index is 12.2. The Balaban J connectivity index is 1.66. The SMILES string of the molecule is CCOC(=O)N1CCN(C(=O)CSC2CCNCC2)CC1. The lowest BCUT2D eigenvalue weighted by Crippen LogP contribution is -2.51. The van der Waals surface area contributed by atoms with Crippen molar-refractivity contribution in [2.75, 3.05) is 51.6 Å². The Kier molecular flexibility index (Phi) is 6.63. The number of hydrogen-bond acceptors (Lipinski definition) is 5. The fourth-order valence-electron chi connectivity index (χ4n) is 2.60. The van der Waals surface area contributed by atoms with Gasteiger partial charge in [0.25, 0.3) is 0 Å². The predicted molar refractivity (Wildman–Crippen MR) is 83.5 cm³/mol. The van der Waals surface area contributed by atoms with E-state index in [9.17, 15) is 9.59 Å². The quantitative estimate of drug-likeness (QED) is 0.830. The summed E-state index contributed by atoms with van der Waals surface area (Å²) >= 11 is 1.78. The molecule has 0 bridgehead atoms. The van der Waals surface area contributed by atoms with Crippen molar-refractivity contribution in [3.63, 3.8) is 0 Å². The molecule has 0 aromatic rings. The zero-order valence-corrected chi connectivity index (χ0v) is 13.5. The number of nitrogens with zero attached hydrogens (tertiary/aromatic N) is 2. The van der Waals surface area contributed by atoms with Crippen LogP contribution in [0.2, 0.25) is 0 Å². The molecule has 0 unspecified atom stereocenters. The Bertz CT molecular complexity index is 353. The lowest BCUT2D eigenvalue weighted by Gasteiger charge is -2.34. The van der Waals surface area contributed by atoms with Crippen LogP contribution in [-0.2, 0) is 9.53 Å². The van der Waals surface area contributed by atoms with Crippen LogP contribution in [0.1, 0.15) is 19.8 Å². The second-order valence-electron chi connectivity index (χ2n) is 5.33. The molecular weight excluding hydrogens is 290 g/mol. The van der Waals surface area contributed by atoms with Gasteiger partial charge in [-0.2, -0.15) is 0 Å². The van der Waals surface area contributed by atoms with E-state index in [1.54, 1.807) is 23.6 Å². The van der Waals surface area contributed by atoms with Gasteiger partial charge in [-0.15, -0.1) is 11.8 Å². The molecule has 0 aliphatic carbocycles. The number of hydrogen-bond donors (Lipinski definition) is 1. The lowest BCUT2D eigenvalue weighted by atomic mass is 10.2. The molecule has 1 N–H and O–H groups in total. The fourth-order valence-corrected chi connectivity index (χ4v) is 3.73. The number of ether oxygens (including phenoxy) is 1. The summed E-state index contributed by atoms with van der Waals surface area (Å²) in [5, 5.41) is 3.94. The van der Waals surface area contributed by atoms with Crippen LogP contribution in [0.3, 0.4) is 0 Å². The Hall–Kier alpha value is -0.950. The van der Waals surface area contributed by atoms with Crippen LogP contribution in [0.5, 0.6) is 0 Å². The van der Waals surface area contributed by atoms with Crippen LogP contribution in [0.4, 0.5) is 4.79 Å². The maximum Gasteiger partial charge on any atom is 0.409 e. The predicted octanol–water partition coefficient (Wildman–Crippen LogP) is 0.772. The molecule has 2 aliphatic heterocycles. The molecule has 0 spiro atoms. The highest BCUT2D eigenvalue weighted by molar-refractivity contribution is 8.00. The number of carbonyl (C=O) groups excluding carboxylic acids is 2. The van der Waals surface area contributed by atoms with Gasteiger partial charge >= 0.3 is 6.09 Å². The molecule has 0 atom stereocenters. The van der Waals surface area contributed by atoms with E-state index in [0.717, 1.165) is 25.9 Å². The van der Waals surface area contributed by atoms with Crippen LogP contribution in [0, 0.1) is 0 Å². The van der Waals surface area contributed by atoms with Gasteiger partial charge in [-0.05, 0) is 32.9 Å². The van der Waals surface area contributed by atoms with Crippen LogP contribution < -0.4 is 5.32 Å². The molecule has 2 rings (SSSR count). The van der Waals surface area contributed by atoms with Crippen molar-refractivity contribution in [1.29, 1.82) is 0 Å². The van der Waals surface area contributed by atoms with E-state index in [2.05, 4.69) is 5.32 Å². The monoisotopic (exact) mass is 315 g/mol. The summed E-state index contributed by atoms with van der Waals surface area (Å²) in [7, 11) is 0. The van der Waals surface area contributed by atoms with Crippen molar-refractivity contribution in [1.82, 2.24) is 15.1 Å². The van der Waals surface area contributed by atoms with Crippen molar-refractivity contribution in [3.8, 4) is 0 Å². The van der Waals surface area contributed by atoms with Gasteiger partial charge in [0, 0.05) is 31.4 Å². The molecule has 120 valence electrons. The largest absolute Gasteiger partial charge is 0.450 e. The minimum absolute atomic E-state index is 0.196. The molecular formula is C14H25N3O3S. The van der Waals surface area contributed by atoms with Gasteiger partial charge in [0.15, 0.2) is 0 Å². The molecule has 6 nitrogen and oxygen atoms in total. The summed E-state index contributed by atoms with van der Waals surface area (Å²) in [5.74, 6) is 0.756. The van der Waals surface area contributed by atoms with Crippen LogP contribution in [-0.4, -0.2) is 78.7 Å². The summed E-state index contributed by atoms with van der Waals surface area (Å²) in [6, 6.07) is 0. The van der Waals surface area contributed by atoms with E-state index in [-0.39, 0.29) is 12.0 Å². The summed E-state index contributed by atoms with van der Waals surface area (Å²) in [5.41, 5.74) is 0. The standard InChI is InChI=1S/C14H25N3O3S/c1-2-20-14(19)17-9-7-16(8-10-17)13(18)11-21-12-3-5-15-6-4-12/h12,15H,2-11H2,1H3. The molecule has 0 saturated carbocycles. The average Bonchev–Trinajstić information content (AvgIpc) is 2.54. The number of amides is 2. The molecule has 2 amide bonds. The highest BCUT2D eigenvalue weighted by atomic mass is 32.2. The fraction of sp³-hybridized carbons (Fsp3) is 0.857. The van der Waals surface area contributed by atoms with Gasteiger partial charge in [0.1, 0.15) is 0 Å². The normalized spacial score (nSPS) is 20.4. The Labute approximate surface area is 130 Å². The first-order valence-corrected chi connectivity index (χ1v) is 8.77. The maximum absolute atomic E-state index is 12.2. The van der Waals surface area contributed by atoms with E-state index >= 15 is 0 Å². The van der Waals surface area contributed by atoms with Crippen LogP contribution in [0.15, 0.2) is 0 Å². The minimum Gasteiger partial charge on any atom is -0.450 e. The van der Waals surface area contributed by atoms with Gasteiger partial charge < -0.3 is 19.9 Å². The Morgan fingerprint density at radius 3 is 2.38 bits per heavy atom. The molecule has 2 fully saturated rings. The molecule has 7 heteroatoms. The minimum atomic E-state index is -0.270. The van der Waals surface area contributed by atoms with E-state index in [4.69, 9.17) is 4.74 Å². The topological polar surface area (TPSA) is 61.9 Å². The zero-order chi connectivity index (χ0) is 15.1. The van der Waals surface area contributed by atoms with Gasteiger partial charge in [0.05, 0.1) is 12.4 Å². The molecule has 2 aliphatic rings. The van der Waals surface area contributed by atoms with Crippen molar-refractivity contribution in [2.24, 2.45) is 0 Å². The van der Waals surface area contributed by atoms with Crippen molar-refractivity contribution >= 4 is 23.8 Å². The second-order valence-corrected chi connectivity index (χ2v) is 6.62. The first kappa shape index (κ1) is 16.4. The van der Waals surface area contributed by atoms with Gasteiger partial charge in [0.2, 0.25) is 5.91 Å². The number of piperidine rings is 1. The lowest BCUT2D eigenvalue weighted by molar-refractivity contribution is -0.129. The smallest absolute Gasteiger partial charge is 0.409 e. The van der Waals surface area contributed by atoms with Crippen molar-refractivity contribution in [3.05, 3.63) is 0 Å². The number of nitrogens with one attached hydrogen (secondary N) is 1. The molecule has 0 aromatic heterocycles. The number of rotatable bonds is 4. The second kappa shape index (κ2) is 8.48. The zero-order valence-electron chi connectivity index (χ0n) is 12.7. The number of carbonyl (C=O) groups is 2. The first-order chi connectivity index (χ1) is 10.2. The summed E-state index contributed by atoms with van der Waals surface area (Å²) in [6.07, 6.45) is 2.03. The summed E-state index contributed by atoms with van der Waals surface area (Å²) in [6.45, 7) is 6.69. The van der Waals surface area contributed by atoms with E-state index in [0.29, 0.717) is 43.8 Å². The molecule has 2 saturated heterocycles. The van der Waals surface area contributed by atoms with Gasteiger partial charge in [-0.1, -0.05) is 0 Å². The first-order valence-electron chi connectivity index (χ1n) is 7.72. The number of piperazine rings is 1. The molecule has 0 radical (unpaired) electrons. The average molecular weight is 315 g/mol. The van der Waals surface area contributed by atoms with Gasteiger partial charge in [-0.3, -0.25) is 4.79 Å². The van der Waals surface area contributed by atoms with Crippen LogP contribution >= 0.6 is 11.8 Å². The van der Waals surface area contributed by atoms with E-state index in [1.807, 2.05) is 4.90 Å².